The maximum atomic E-state index is 13.6. The van der Waals surface area contributed by atoms with Crippen molar-refractivity contribution in [1.82, 2.24) is 5.32 Å². The van der Waals surface area contributed by atoms with Crippen molar-refractivity contribution in [3.63, 3.8) is 0 Å². The second-order valence-electron chi connectivity index (χ2n) is 14.0. The second-order valence-corrected chi connectivity index (χ2v) is 14.0. The summed E-state index contributed by atoms with van der Waals surface area (Å²) in [6.07, 6.45) is 10.2. The van der Waals surface area contributed by atoms with E-state index in [0.29, 0.717) is 30.7 Å². The van der Waals surface area contributed by atoms with E-state index in [4.69, 9.17) is 9.47 Å². The van der Waals surface area contributed by atoms with Gasteiger partial charge in [-0.3, -0.25) is 19.2 Å². The number of nitrogens with one attached hydrogen (secondary N) is 1. The number of Topliss-reactive ketones (excluding diaryl/α,β-unsaturated/α-hetero) is 1. The Kier molecular flexibility index (Phi) is 9.21. The van der Waals surface area contributed by atoms with Gasteiger partial charge in [-0.15, -0.1) is 0 Å². The number of amides is 1. The van der Waals surface area contributed by atoms with Gasteiger partial charge in [0.2, 0.25) is 5.91 Å². The SMILES string of the molecule is CC(=O)NC[C@H](C)CCC(=O)[C@H](C)[C@@H]1[C@@H](OC(C)=O)C[C@@H]2[C@@H]3CC=C4C[C@@H](OC(C)=O)CC[C@]4(C)[C@H]3CC[C@]12C. The zero-order valence-corrected chi connectivity index (χ0v) is 25.7. The lowest BCUT2D eigenvalue weighted by atomic mass is 9.47. The molecule has 0 aliphatic heterocycles. The van der Waals surface area contributed by atoms with E-state index in [1.807, 2.05) is 0 Å². The fourth-order valence-electron chi connectivity index (χ4n) is 9.45. The summed E-state index contributed by atoms with van der Waals surface area (Å²) in [4.78, 5) is 48.7. The first-order chi connectivity index (χ1) is 18.8. The third-order valence-electron chi connectivity index (χ3n) is 11.4. The van der Waals surface area contributed by atoms with Gasteiger partial charge in [0, 0.05) is 52.0 Å². The van der Waals surface area contributed by atoms with Crippen LogP contribution in [0.5, 0.6) is 0 Å². The Labute approximate surface area is 240 Å². The number of fused-ring (bicyclic) bond motifs is 5. The predicted molar refractivity (Wildman–Crippen MR) is 153 cm³/mol. The van der Waals surface area contributed by atoms with Gasteiger partial charge in [-0.2, -0.15) is 0 Å². The summed E-state index contributed by atoms with van der Waals surface area (Å²) in [5, 5.41) is 2.85. The zero-order chi connectivity index (χ0) is 29.4. The minimum atomic E-state index is -0.265. The molecule has 7 nitrogen and oxygen atoms in total. The van der Waals surface area contributed by atoms with Crippen LogP contribution in [0.2, 0.25) is 0 Å². The highest BCUT2D eigenvalue weighted by Crippen LogP contribution is 2.67. The fourth-order valence-corrected chi connectivity index (χ4v) is 9.45. The molecule has 0 spiro atoms. The Morgan fingerprint density at radius 3 is 2.35 bits per heavy atom. The molecule has 0 radical (unpaired) electrons. The van der Waals surface area contributed by atoms with Crippen LogP contribution in [-0.4, -0.2) is 42.4 Å². The van der Waals surface area contributed by atoms with E-state index in [-0.39, 0.29) is 64.4 Å². The lowest BCUT2D eigenvalue weighted by molar-refractivity contribution is -0.153. The van der Waals surface area contributed by atoms with Crippen molar-refractivity contribution in [3.8, 4) is 0 Å². The molecule has 0 aromatic carbocycles. The number of hydrogen-bond acceptors (Lipinski definition) is 6. The lowest BCUT2D eigenvalue weighted by Crippen LogP contribution is -2.51. The third-order valence-corrected chi connectivity index (χ3v) is 11.4. The Morgan fingerprint density at radius 2 is 1.70 bits per heavy atom. The van der Waals surface area contributed by atoms with E-state index in [9.17, 15) is 19.2 Å². The average molecular weight is 558 g/mol. The Hall–Kier alpha value is -2.18. The first kappa shape index (κ1) is 30.8. The van der Waals surface area contributed by atoms with Crippen LogP contribution in [-0.2, 0) is 28.7 Å². The van der Waals surface area contributed by atoms with Crippen LogP contribution in [0, 0.1) is 46.3 Å². The van der Waals surface area contributed by atoms with Crippen molar-refractivity contribution in [2.75, 3.05) is 6.54 Å². The van der Waals surface area contributed by atoms with Gasteiger partial charge >= 0.3 is 11.9 Å². The van der Waals surface area contributed by atoms with Crippen LogP contribution in [0.15, 0.2) is 11.6 Å². The Balaban J connectivity index is 1.52. The van der Waals surface area contributed by atoms with Gasteiger partial charge in [0.25, 0.3) is 0 Å². The van der Waals surface area contributed by atoms with E-state index in [1.165, 1.54) is 26.3 Å². The van der Waals surface area contributed by atoms with Crippen LogP contribution in [0.1, 0.15) is 106 Å². The predicted octanol–water partition coefficient (Wildman–Crippen LogP) is 5.80. The summed E-state index contributed by atoms with van der Waals surface area (Å²) in [5.74, 6) is 1.24. The molecule has 7 heteroatoms. The highest BCUT2D eigenvalue weighted by Gasteiger charge is 2.63. The Morgan fingerprint density at radius 1 is 1.00 bits per heavy atom. The first-order valence-electron chi connectivity index (χ1n) is 15.6. The minimum absolute atomic E-state index is 0.0124. The Bertz CT molecular complexity index is 1040. The van der Waals surface area contributed by atoms with E-state index in [2.05, 4.69) is 39.1 Å². The molecule has 0 bridgehead atoms. The zero-order valence-electron chi connectivity index (χ0n) is 25.7. The van der Waals surface area contributed by atoms with Gasteiger partial charge in [0.05, 0.1) is 0 Å². The standard InChI is InChI=1S/C33H51NO6/c1-19(18-34-21(3)35)8-11-29(38)20(2)31-30(40-23(5)37)17-28-26-10-9-24-16-25(39-22(4)36)12-14-32(24,6)27(26)13-15-33(28,31)7/h9,19-20,25-28,30-31H,8,10-18H2,1-7H3,(H,34,35)/t19-,20+,25+,26-,27+,28-,30+,31-,32+,33+/m1/s1. The maximum Gasteiger partial charge on any atom is 0.302 e. The molecule has 4 aliphatic rings. The normalized spacial score (nSPS) is 38.0. The van der Waals surface area contributed by atoms with Crippen molar-refractivity contribution < 1.29 is 28.7 Å². The van der Waals surface area contributed by atoms with Crippen molar-refractivity contribution in [2.24, 2.45) is 46.3 Å². The third kappa shape index (κ3) is 6.04. The summed E-state index contributed by atoms with van der Waals surface area (Å²) < 4.78 is 11.6. The number of allylic oxidation sites excluding steroid dienone is 1. The smallest absolute Gasteiger partial charge is 0.302 e. The molecular formula is C33H51NO6. The largest absolute Gasteiger partial charge is 0.462 e. The molecule has 4 rings (SSSR count). The number of ether oxygens (including phenoxy) is 2. The molecule has 1 amide bonds. The minimum Gasteiger partial charge on any atom is -0.462 e. The van der Waals surface area contributed by atoms with E-state index in [1.54, 1.807) is 0 Å². The first-order valence-corrected chi connectivity index (χ1v) is 15.6. The van der Waals surface area contributed by atoms with Gasteiger partial charge < -0.3 is 14.8 Å². The van der Waals surface area contributed by atoms with Crippen molar-refractivity contribution >= 4 is 23.6 Å². The average Bonchev–Trinajstić information content (AvgIpc) is 3.16. The molecular weight excluding hydrogens is 506 g/mol. The number of hydrogen-bond donors (Lipinski definition) is 1. The molecule has 0 heterocycles. The summed E-state index contributed by atoms with van der Waals surface area (Å²) in [5.41, 5.74) is 1.51. The summed E-state index contributed by atoms with van der Waals surface area (Å²) in [6, 6.07) is 0. The van der Waals surface area contributed by atoms with Crippen molar-refractivity contribution in [2.45, 2.75) is 118 Å². The maximum absolute atomic E-state index is 13.6. The number of rotatable bonds is 9. The summed E-state index contributed by atoms with van der Waals surface area (Å²) >= 11 is 0. The molecule has 0 aromatic heterocycles. The van der Waals surface area contributed by atoms with Crippen LogP contribution < -0.4 is 5.32 Å². The molecule has 3 saturated carbocycles. The highest BCUT2D eigenvalue weighted by atomic mass is 16.5. The molecule has 0 unspecified atom stereocenters. The number of ketones is 1. The van der Waals surface area contributed by atoms with Crippen molar-refractivity contribution in [3.05, 3.63) is 11.6 Å². The summed E-state index contributed by atoms with van der Waals surface area (Å²) in [6.45, 7) is 14.0. The molecule has 10 atom stereocenters. The quantitative estimate of drug-likeness (QED) is 0.284. The number of esters is 2. The topological polar surface area (TPSA) is 98.8 Å². The van der Waals surface area contributed by atoms with Crippen LogP contribution >= 0.6 is 0 Å². The molecule has 40 heavy (non-hydrogen) atoms. The van der Waals surface area contributed by atoms with Crippen LogP contribution in [0.3, 0.4) is 0 Å². The van der Waals surface area contributed by atoms with E-state index in [0.717, 1.165) is 51.4 Å². The highest BCUT2D eigenvalue weighted by molar-refractivity contribution is 5.81. The molecule has 3 fully saturated rings. The monoisotopic (exact) mass is 557 g/mol. The molecule has 0 aromatic rings. The molecule has 0 saturated heterocycles. The van der Waals surface area contributed by atoms with Crippen molar-refractivity contribution in [1.29, 1.82) is 0 Å². The van der Waals surface area contributed by atoms with Crippen LogP contribution in [0.4, 0.5) is 0 Å². The van der Waals surface area contributed by atoms with Gasteiger partial charge in [0.15, 0.2) is 0 Å². The number of carbonyl (C=O) groups is 4. The van der Waals surface area contributed by atoms with Gasteiger partial charge in [-0.1, -0.05) is 39.3 Å². The van der Waals surface area contributed by atoms with Gasteiger partial charge in [-0.05, 0) is 79.4 Å². The lowest BCUT2D eigenvalue weighted by Gasteiger charge is -2.58. The number of carbonyl (C=O) groups excluding carboxylic acids is 4. The molecule has 224 valence electrons. The molecule has 4 aliphatic carbocycles. The summed E-state index contributed by atoms with van der Waals surface area (Å²) in [7, 11) is 0. The van der Waals surface area contributed by atoms with Gasteiger partial charge in [0.1, 0.15) is 18.0 Å². The second kappa shape index (κ2) is 12.0. The van der Waals surface area contributed by atoms with E-state index < -0.39 is 0 Å². The van der Waals surface area contributed by atoms with Crippen LogP contribution in [0.25, 0.3) is 0 Å². The van der Waals surface area contributed by atoms with E-state index >= 15 is 0 Å². The van der Waals surface area contributed by atoms with Gasteiger partial charge in [-0.25, -0.2) is 0 Å². The fraction of sp³-hybridized carbons (Fsp3) is 0.818. The molecule has 1 N–H and O–H groups in total.